The fraction of sp³-hybridized carbons (Fsp3) is 0.440. The van der Waals surface area contributed by atoms with Crippen molar-refractivity contribution in [2.75, 3.05) is 6.54 Å². The number of rotatable bonds is 6. The summed E-state index contributed by atoms with van der Waals surface area (Å²) >= 11 is 0. The Hall–Kier alpha value is -2.46. The van der Waals surface area contributed by atoms with Gasteiger partial charge in [-0.1, -0.05) is 74.5 Å². The molecule has 4 unspecified atom stereocenters. The highest BCUT2D eigenvalue weighted by Gasteiger charge is 2.62. The molecule has 3 fully saturated rings. The first-order chi connectivity index (χ1) is 14.0. The number of benzene rings is 2. The molecule has 0 aromatic heterocycles. The van der Waals surface area contributed by atoms with Crippen LogP contribution in [0.15, 0.2) is 60.7 Å². The SMILES string of the molecule is CCC1(CC)C(C(N)=O)C2CCN1C(C(c1ccccc1)c1ccccc1)C2=O. The molecule has 3 heterocycles. The van der Waals surface area contributed by atoms with Gasteiger partial charge in [0.25, 0.3) is 0 Å². The van der Waals surface area contributed by atoms with Crippen LogP contribution in [-0.2, 0) is 9.59 Å². The molecule has 4 atom stereocenters. The Morgan fingerprint density at radius 2 is 1.55 bits per heavy atom. The molecule has 4 nitrogen and oxygen atoms in total. The van der Waals surface area contributed by atoms with Gasteiger partial charge in [0.15, 0.2) is 5.78 Å². The second kappa shape index (κ2) is 7.75. The average molecular weight is 391 g/mol. The molecular formula is C25H30N2O2. The van der Waals surface area contributed by atoms with Crippen molar-refractivity contribution in [2.45, 2.75) is 50.6 Å². The summed E-state index contributed by atoms with van der Waals surface area (Å²) in [7, 11) is 0. The van der Waals surface area contributed by atoms with Gasteiger partial charge in [0, 0.05) is 23.9 Å². The van der Waals surface area contributed by atoms with E-state index in [9.17, 15) is 9.59 Å². The van der Waals surface area contributed by atoms with Crippen LogP contribution in [0.25, 0.3) is 0 Å². The van der Waals surface area contributed by atoms with Gasteiger partial charge in [-0.3, -0.25) is 14.5 Å². The zero-order valence-electron chi connectivity index (χ0n) is 17.3. The molecule has 0 spiro atoms. The zero-order chi connectivity index (χ0) is 20.6. The molecule has 3 aliphatic heterocycles. The van der Waals surface area contributed by atoms with Crippen LogP contribution in [0.2, 0.25) is 0 Å². The molecule has 4 heteroatoms. The Morgan fingerprint density at radius 3 is 2.00 bits per heavy atom. The van der Waals surface area contributed by atoms with Crippen LogP contribution in [-0.4, -0.2) is 34.7 Å². The fourth-order valence-electron chi connectivity index (χ4n) is 6.10. The predicted molar refractivity (Wildman–Crippen MR) is 114 cm³/mol. The number of hydrogen-bond donors (Lipinski definition) is 1. The van der Waals surface area contributed by atoms with E-state index < -0.39 is 5.92 Å². The number of fused-ring (bicyclic) bond motifs is 3. The molecule has 3 aliphatic rings. The van der Waals surface area contributed by atoms with Crippen molar-refractivity contribution in [2.24, 2.45) is 17.6 Å². The van der Waals surface area contributed by atoms with E-state index in [1.54, 1.807) is 0 Å². The number of Topliss-reactive ketones (excluding diaryl/α,β-unsaturated/α-hetero) is 1. The monoisotopic (exact) mass is 390 g/mol. The number of ketones is 1. The van der Waals surface area contributed by atoms with Crippen molar-refractivity contribution in [1.29, 1.82) is 0 Å². The van der Waals surface area contributed by atoms with Crippen molar-refractivity contribution in [3.8, 4) is 0 Å². The number of primary amides is 1. The highest BCUT2D eigenvalue weighted by molar-refractivity contribution is 5.95. The number of carbonyl (C=O) groups excluding carboxylic acids is 2. The maximum Gasteiger partial charge on any atom is 0.223 e. The fourth-order valence-corrected chi connectivity index (χ4v) is 6.10. The van der Waals surface area contributed by atoms with Gasteiger partial charge in [-0.05, 0) is 30.4 Å². The van der Waals surface area contributed by atoms with Gasteiger partial charge in [-0.2, -0.15) is 0 Å². The third-order valence-electron chi connectivity index (χ3n) is 7.39. The third-order valence-corrected chi connectivity index (χ3v) is 7.39. The topological polar surface area (TPSA) is 63.4 Å². The van der Waals surface area contributed by atoms with E-state index in [-0.39, 0.29) is 35.1 Å². The van der Waals surface area contributed by atoms with Gasteiger partial charge < -0.3 is 5.73 Å². The standard InChI is InChI=1S/C25H30N2O2/c1-3-25(4-2)21(24(26)29)19-15-16-27(25)22(23(19)28)20(17-11-7-5-8-12-17)18-13-9-6-10-14-18/h5-14,19-22H,3-4,15-16H2,1-2H3,(H2,26,29). The van der Waals surface area contributed by atoms with E-state index in [0.29, 0.717) is 0 Å². The largest absolute Gasteiger partial charge is 0.369 e. The molecule has 2 bridgehead atoms. The maximum absolute atomic E-state index is 13.8. The van der Waals surface area contributed by atoms with Crippen molar-refractivity contribution < 1.29 is 9.59 Å². The van der Waals surface area contributed by atoms with E-state index in [1.165, 1.54) is 0 Å². The first-order valence-electron chi connectivity index (χ1n) is 10.7. The molecule has 29 heavy (non-hydrogen) atoms. The van der Waals surface area contributed by atoms with Crippen LogP contribution in [0.4, 0.5) is 0 Å². The van der Waals surface area contributed by atoms with Crippen LogP contribution in [0.3, 0.4) is 0 Å². The zero-order valence-corrected chi connectivity index (χ0v) is 17.3. The smallest absolute Gasteiger partial charge is 0.223 e. The van der Waals surface area contributed by atoms with E-state index in [0.717, 1.165) is 36.9 Å². The number of hydrogen-bond acceptors (Lipinski definition) is 3. The Balaban J connectivity index is 1.88. The summed E-state index contributed by atoms with van der Waals surface area (Å²) in [4.78, 5) is 28.6. The quantitative estimate of drug-likeness (QED) is 0.817. The maximum atomic E-state index is 13.8. The predicted octanol–water partition coefficient (Wildman–Crippen LogP) is 3.75. The summed E-state index contributed by atoms with van der Waals surface area (Å²) in [5, 5.41) is 0. The van der Waals surface area contributed by atoms with Gasteiger partial charge in [-0.15, -0.1) is 0 Å². The van der Waals surface area contributed by atoms with E-state index in [2.05, 4.69) is 43.0 Å². The van der Waals surface area contributed by atoms with Crippen molar-refractivity contribution in [3.05, 3.63) is 71.8 Å². The molecule has 0 radical (unpaired) electrons. The van der Waals surface area contributed by atoms with Gasteiger partial charge in [0.1, 0.15) is 0 Å². The third kappa shape index (κ3) is 3.01. The highest BCUT2D eigenvalue weighted by Crippen LogP contribution is 2.52. The lowest BCUT2D eigenvalue weighted by Crippen LogP contribution is -2.74. The molecular weight excluding hydrogens is 360 g/mol. The number of amides is 1. The molecule has 1 amide bonds. The number of piperidine rings is 3. The lowest BCUT2D eigenvalue weighted by molar-refractivity contribution is -0.171. The van der Waals surface area contributed by atoms with Gasteiger partial charge in [-0.25, -0.2) is 0 Å². The summed E-state index contributed by atoms with van der Waals surface area (Å²) in [6.45, 7) is 5.09. The summed E-state index contributed by atoms with van der Waals surface area (Å²) < 4.78 is 0. The van der Waals surface area contributed by atoms with Crippen molar-refractivity contribution in [3.63, 3.8) is 0 Å². The average Bonchev–Trinajstić information content (AvgIpc) is 2.76. The lowest BCUT2D eigenvalue weighted by Gasteiger charge is -2.61. The number of carbonyl (C=O) groups is 2. The molecule has 0 aliphatic carbocycles. The minimum atomic E-state index is -0.401. The summed E-state index contributed by atoms with van der Waals surface area (Å²) in [6.07, 6.45) is 2.35. The van der Waals surface area contributed by atoms with Gasteiger partial charge in [0.2, 0.25) is 5.91 Å². The van der Waals surface area contributed by atoms with Crippen LogP contribution < -0.4 is 5.73 Å². The highest BCUT2D eigenvalue weighted by atomic mass is 16.2. The molecule has 2 N–H and O–H groups in total. The Labute approximate surface area is 173 Å². The number of nitrogens with two attached hydrogens (primary N) is 1. The Morgan fingerprint density at radius 1 is 1.03 bits per heavy atom. The summed E-state index contributed by atoms with van der Waals surface area (Å²) in [5.41, 5.74) is 7.80. The van der Waals surface area contributed by atoms with Gasteiger partial charge >= 0.3 is 0 Å². The minimum absolute atomic E-state index is 0.0565. The molecule has 152 valence electrons. The Kier molecular flexibility index (Phi) is 5.30. The Bertz CT molecular complexity index is 837. The summed E-state index contributed by atoms with van der Waals surface area (Å²) in [5.74, 6) is -0.889. The normalized spacial score (nSPS) is 27.9. The lowest BCUT2D eigenvalue weighted by atomic mass is 9.58. The van der Waals surface area contributed by atoms with Crippen LogP contribution in [0, 0.1) is 11.8 Å². The second-order valence-electron chi connectivity index (χ2n) is 8.43. The van der Waals surface area contributed by atoms with E-state index >= 15 is 0 Å². The number of nitrogens with zero attached hydrogens (tertiary/aromatic N) is 1. The van der Waals surface area contributed by atoms with Crippen molar-refractivity contribution in [1.82, 2.24) is 4.90 Å². The molecule has 3 saturated heterocycles. The molecule has 5 rings (SSSR count). The summed E-state index contributed by atoms with van der Waals surface area (Å²) in [6, 6.07) is 20.3. The van der Waals surface area contributed by atoms with E-state index in [1.807, 2.05) is 36.4 Å². The first kappa shape index (κ1) is 19.8. The minimum Gasteiger partial charge on any atom is -0.369 e. The molecule has 2 aromatic rings. The molecule has 2 aromatic carbocycles. The van der Waals surface area contributed by atoms with Crippen LogP contribution >= 0.6 is 0 Å². The van der Waals surface area contributed by atoms with E-state index in [4.69, 9.17) is 5.73 Å². The van der Waals surface area contributed by atoms with Crippen LogP contribution in [0.1, 0.15) is 50.2 Å². The van der Waals surface area contributed by atoms with Gasteiger partial charge in [0.05, 0.1) is 12.0 Å². The molecule has 0 saturated carbocycles. The second-order valence-corrected chi connectivity index (χ2v) is 8.43. The first-order valence-corrected chi connectivity index (χ1v) is 10.7. The van der Waals surface area contributed by atoms with Crippen LogP contribution in [0.5, 0.6) is 0 Å². The van der Waals surface area contributed by atoms with Crippen molar-refractivity contribution >= 4 is 11.7 Å².